The molecule has 25 heavy (non-hydrogen) atoms. The van der Waals surface area contributed by atoms with E-state index in [1.807, 2.05) is 36.2 Å². The monoisotopic (exact) mass is 338 g/mol. The predicted octanol–water partition coefficient (Wildman–Crippen LogP) is 2.04. The molecule has 0 aromatic carbocycles. The minimum absolute atomic E-state index is 0.232. The molecule has 7 nitrogen and oxygen atoms in total. The van der Waals surface area contributed by atoms with Crippen LogP contribution in [0.15, 0.2) is 30.9 Å². The van der Waals surface area contributed by atoms with Gasteiger partial charge in [0.2, 0.25) is 5.88 Å². The Morgan fingerprint density at radius 3 is 3.04 bits per heavy atom. The van der Waals surface area contributed by atoms with Crippen LogP contribution in [0.3, 0.4) is 0 Å². The number of aromatic nitrogens is 5. The molecule has 2 atom stereocenters. The van der Waals surface area contributed by atoms with Crippen molar-refractivity contribution in [1.82, 2.24) is 29.7 Å². The van der Waals surface area contributed by atoms with E-state index in [2.05, 4.69) is 15.5 Å². The second-order valence-corrected chi connectivity index (χ2v) is 7.40. The standard InChI is InChI=1S/C18H22N6O/c1-23-10-13(9-21-23)15-11-24-16(3-6-20-24)17(22-15)25-14-2-4-18(8-14)5-7-19-12-18/h3,6,9-11,14,19H,2,4-5,7-8,12H2,1H3/t14?,18-/m0/s1. The summed E-state index contributed by atoms with van der Waals surface area (Å²) < 4.78 is 9.99. The third-order valence-electron chi connectivity index (χ3n) is 5.62. The molecule has 1 aliphatic carbocycles. The van der Waals surface area contributed by atoms with E-state index in [1.165, 1.54) is 12.8 Å². The first-order valence-corrected chi connectivity index (χ1v) is 8.92. The molecule has 1 saturated carbocycles. The fraction of sp³-hybridized carbons (Fsp3) is 0.500. The lowest BCUT2D eigenvalue weighted by Gasteiger charge is -2.21. The molecule has 130 valence electrons. The molecule has 1 N–H and O–H groups in total. The zero-order valence-electron chi connectivity index (χ0n) is 14.4. The maximum absolute atomic E-state index is 6.38. The summed E-state index contributed by atoms with van der Waals surface area (Å²) in [5.74, 6) is 0.673. The van der Waals surface area contributed by atoms with Crippen molar-refractivity contribution in [3.8, 4) is 17.1 Å². The van der Waals surface area contributed by atoms with Gasteiger partial charge in [0.25, 0.3) is 0 Å². The normalized spacial score (nSPS) is 26.0. The lowest BCUT2D eigenvalue weighted by molar-refractivity contribution is 0.183. The highest BCUT2D eigenvalue weighted by molar-refractivity contribution is 5.63. The molecule has 4 heterocycles. The Kier molecular flexibility index (Phi) is 3.31. The summed E-state index contributed by atoms with van der Waals surface area (Å²) in [4.78, 5) is 4.78. The first-order valence-electron chi connectivity index (χ1n) is 8.92. The van der Waals surface area contributed by atoms with Crippen LogP contribution in [0.1, 0.15) is 25.7 Å². The Bertz CT molecular complexity index is 907. The van der Waals surface area contributed by atoms with Gasteiger partial charge < -0.3 is 10.1 Å². The van der Waals surface area contributed by atoms with Crippen LogP contribution < -0.4 is 10.1 Å². The van der Waals surface area contributed by atoms with Crippen LogP contribution in [0.2, 0.25) is 0 Å². The molecule has 3 aromatic rings. The number of rotatable bonds is 3. The van der Waals surface area contributed by atoms with Gasteiger partial charge in [-0.2, -0.15) is 10.2 Å². The summed E-state index contributed by atoms with van der Waals surface area (Å²) in [5.41, 5.74) is 3.14. The lowest BCUT2D eigenvalue weighted by atomic mass is 9.85. The summed E-state index contributed by atoms with van der Waals surface area (Å²) in [6, 6.07) is 1.96. The number of aryl methyl sites for hydroxylation is 1. The van der Waals surface area contributed by atoms with Gasteiger partial charge in [-0.05, 0) is 43.7 Å². The maximum Gasteiger partial charge on any atom is 0.240 e. The highest BCUT2D eigenvalue weighted by Gasteiger charge is 2.42. The van der Waals surface area contributed by atoms with Crippen molar-refractivity contribution < 1.29 is 4.74 Å². The zero-order chi connectivity index (χ0) is 16.9. The molecule has 2 aliphatic rings. The van der Waals surface area contributed by atoms with Crippen molar-refractivity contribution in [2.24, 2.45) is 12.5 Å². The smallest absolute Gasteiger partial charge is 0.240 e. The van der Waals surface area contributed by atoms with Crippen molar-refractivity contribution in [3.63, 3.8) is 0 Å². The maximum atomic E-state index is 6.38. The molecular weight excluding hydrogens is 316 g/mol. The minimum Gasteiger partial charge on any atom is -0.473 e. The molecule has 5 rings (SSSR count). The van der Waals surface area contributed by atoms with E-state index in [4.69, 9.17) is 9.72 Å². The predicted molar refractivity (Wildman–Crippen MR) is 93.4 cm³/mol. The summed E-state index contributed by atoms with van der Waals surface area (Å²) >= 11 is 0. The van der Waals surface area contributed by atoms with Crippen LogP contribution in [-0.2, 0) is 7.05 Å². The average molecular weight is 338 g/mol. The van der Waals surface area contributed by atoms with Crippen molar-refractivity contribution in [3.05, 3.63) is 30.9 Å². The van der Waals surface area contributed by atoms with Gasteiger partial charge >= 0.3 is 0 Å². The quantitative estimate of drug-likeness (QED) is 0.791. The van der Waals surface area contributed by atoms with Crippen molar-refractivity contribution in [2.75, 3.05) is 13.1 Å². The number of ether oxygens (including phenoxy) is 1. The molecule has 7 heteroatoms. The number of hydrogen-bond acceptors (Lipinski definition) is 5. The fourth-order valence-electron chi connectivity index (χ4n) is 4.27. The van der Waals surface area contributed by atoms with E-state index in [9.17, 15) is 0 Å². The van der Waals surface area contributed by atoms with Gasteiger partial charge in [0.05, 0.1) is 24.3 Å². The van der Waals surface area contributed by atoms with E-state index in [-0.39, 0.29) is 6.10 Å². The number of nitrogens with zero attached hydrogens (tertiary/aromatic N) is 5. The van der Waals surface area contributed by atoms with Gasteiger partial charge in [0, 0.05) is 25.4 Å². The Morgan fingerprint density at radius 2 is 2.24 bits per heavy atom. The van der Waals surface area contributed by atoms with E-state index in [0.29, 0.717) is 11.3 Å². The van der Waals surface area contributed by atoms with Crippen molar-refractivity contribution in [2.45, 2.75) is 31.8 Å². The first-order chi connectivity index (χ1) is 12.2. The van der Waals surface area contributed by atoms with E-state index >= 15 is 0 Å². The first kappa shape index (κ1) is 14.9. The summed E-state index contributed by atoms with van der Waals surface area (Å²) in [7, 11) is 1.90. The summed E-state index contributed by atoms with van der Waals surface area (Å²) in [5, 5.41) is 12.1. The largest absolute Gasteiger partial charge is 0.473 e. The summed E-state index contributed by atoms with van der Waals surface area (Å²) in [6.45, 7) is 2.26. The minimum atomic E-state index is 0.232. The Hall–Kier alpha value is -2.41. The zero-order valence-corrected chi connectivity index (χ0v) is 14.4. The molecular formula is C18H22N6O. The highest BCUT2D eigenvalue weighted by Crippen LogP contribution is 2.44. The Labute approximate surface area is 146 Å². The van der Waals surface area contributed by atoms with Crippen LogP contribution in [0.4, 0.5) is 0 Å². The molecule has 1 aliphatic heterocycles. The lowest BCUT2D eigenvalue weighted by Crippen LogP contribution is -2.23. The van der Waals surface area contributed by atoms with Crippen molar-refractivity contribution in [1.29, 1.82) is 0 Å². The second kappa shape index (κ2) is 5.56. The third-order valence-corrected chi connectivity index (χ3v) is 5.62. The topological polar surface area (TPSA) is 69.3 Å². The van der Waals surface area contributed by atoms with Gasteiger partial charge in [0.1, 0.15) is 11.6 Å². The van der Waals surface area contributed by atoms with E-state index in [1.54, 1.807) is 10.9 Å². The van der Waals surface area contributed by atoms with Gasteiger partial charge in [0.15, 0.2) is 0 Å². The molecule has 1 saturated heterocycles. The second-order valence-electron chi connectivity index (χ2n) is 7.40. The molecule has 3 aromatic heterocycles. The number of nitrogens with one attached hydrogen (secondary N) is 1. The van der Waals surface area contributed by atoms with Gasteiger partial charge in [-0.15, -0.1) is 0 Å². The van der Waals surface area contributed by atoms with Gasteiger partial charge in [-0.1, -0.05) is 0 Å². The molecule has 2 fully saturated rings. The van der Waals surface area contributed by atoms with Crippen LogP contribution in [0.25, 0.3) is 16.8 Å². The average Bonchev–Trinajstić information content (AvgIpc) is 3.37. The van der Waals surface area contributed by atoms with Gasteiger partial charge in [-0.3, -0.25) is 4.68 Å². The summed E-state index contributed by atoms with van der Waals surface area (Å²) in [6.07, 6.45) is 12.4. The van der Waals surface area contributed by atoms with Crippen LogP contribution in [-0.4, -0.2) is 43.6 Å². The van der Waals surface area contributed by atoms with Crippen molar-refractivity contribution >= 4 is 5.52 Å². The van der Waals surface area contributed by atoms with E-state index in [0.717, 1.165) is 42.7 Å². The Morgan fingerprint density at radius 1 is 1.28 bits per heavy atom. The van der Waals surface area contributed by atoms with E-state index < -0.39 is 0 Å². The van der Waals surface area contributed by atoms with Gasteiger partial charge in [-0.25, -0.2) is 9.50 Å². The molecule has 1 spiro atoms. The molecule has 1 unspecified atom stereocenters. The van der Waals surface area contributed by atoms with Crippen LogP contribution >= 0.6 is 0 Å². The molecule has 0 bridgehead atoms. The fourth-order valence-corrected chi connectivity index (χ4v) is 4.27. The molecule has 0 radical (unpaired) electrons. The molecule has 0 amide bonds. The Balaban J connectivity index is 1.47. The highest BCUT2D eigenvalue weighted by atomic mass is 16.5. The van der Waals surface area contributed by atoms with Crippen LogP contribution in [0.5, 0.6) is 5.88 Å². The number of hydrogen-bond donors (Lipinski definition) is 1. The third kappa shape index (κ3) is 2.59. The SMILES string of the molecule is Cn1cc(-c2cn3nccc3c(OC3CC[C@]4(CCNC4)C3)n2)cn1. The number of fused-ring (bicyclic) bond motifs is 1. The van der Waals surface area contributed by atoms with Crippen LogP contribution in [0, 0.1) is 5.41 Å².